The van der Waals surface area contributed by atoms with Gasteiger partial charge in [-0.2, -0.15) is 0 Å². The summed E-state index contributed by atoms with van der Waals surface area (Å²) in [5, 5.41) is 6.69. The molecule has 150 valence electrons. The Kier molecular flexibility index (Phi) is 6.16. The van der Waals surface area contributed by atoms with Crippen LogP contribution >= 0.6 is 12.4 Å². The van der Waals surface area contributed by atoms with Gasteiger partial charge in [-0.3, -0.25) is 4.79 Å². The van der Waals surface area contributed by atoms with Gasteiger partial charge >= 0.3 is 0 Å². The Hall–Kier alpha value is -1.84. The molecule has 2 N–H and O–H groups in total. The van der Waals surface area contributed by atoms with Crippen LogP contribution in [0.2, 0.25) is 0 Å². The van der Waals surface area contributed by atoms with Crippen molar-refractivity contribution in [3.63, 3.8) is 0 Å². The smallest absolute Gasteiger partial charge is 0.255 e. The number of hydrogen-bond donors (Lipinski definition) is 2. The van der Waals surface area contributed by atoms with E-state index in [0.29, 0.717) is 17.5 Å². The van der Waals surface area contributed by atoms with Gasteiger partial charge in [0.1, 0.15) is 0 Å². The molecule has 2 atom stereocenters. The molecule has 0 heterocycles. The Morgan fingerprint density at radius 1 is 1.00 bits per heavy atom. The molecule has 0 spiro atoms. The number of halogens is 1. The average molecular weight is 399 g/mol. The van der Waals surface area contributed by atoms with Crippen LogP contribution in [0.1, 0.15) is 67.4 Å². The fourth-order valence-electron chi connectivity index (χ4n) is 3.57. The Morgan fingerprint density at radius 3 is 2.21 bits per heavy atom. The first kappa shape index (κ1) is 20.9. The zero-order chi connectivity index (χ0) is 19.0. The van der Waals surface area contributed by atoms with Crippen molar-refractivity contribution in [2.45, 2.75) is 57.4 Å². The van der Waals surface area contributed by atoms with Gasteiger partial charge in [-0.15, -0.1) is 12.4 Å². The van der Waals surface area contributed by atoms with Crippen molar-refractivity contribution < 1.29 is 4.79 Å². The van der Waals surface area contributed by atoms with E-state index in [-0.39, 0.29) is 23.7 Å². The summed E-state index contributed by atoms with van der Waals surface area (Å²) < 4.78 is 0. The minimum Gasteiger partial charge on any atom is -0.322 e. The van der Waals surface area contributed by atoms with Gasteiger partial charge in [0.05, 0.1) is 0 Å². The normalized spacial score (nSPS) is 21.0. The van der Waals surface area contributed by atoms with Gasteiger partial charge in [0, 0.05) is 23.2 Å². The lowest BCUT2D eigenvalue weighted by molar-refractivity contribution is 0.102. The van der Waals surface area contributed by atoms with Gasteiger partial charge in [-0.1, -0.05) is 45.0 Å². The fourth-order valence-corrected chi connectivity index (χ4v) is 3.57. The maximum atomic E-state index is 12.5. The van der Waals surface area contributed by atoms with Gasteiger partial charge in [0.15, 0.2) is 0 Å². The third kappa shape index (κ3) is 5.15. The molecule has 2 aliphatic rings. The summed E-state index contributed by atoms with van der Waals surface area (Å²) in [4.78, 5) is 12.5. The average Bonchev–Trinajstić information content (AvgIpc) is 3.54. The van der Waals surface area contributed by atoms with Crippen molar-refractivity contribution in [3.8, 4) is 0 Å². The van der Waals surface area contributed by atoms with Crippen LogP contribution in [0.4, 0.5) is 5.69 Å². The van der Waals surface area contributed by atoms with E-state index in [2.05, 4.69) is 43.5 Å². The molecule has 0 radical (unpaired) electrons. The maximum absolute atomic E-state index is 12.5. The summed E-state index contributed by atoms with van der Waals surface area (Å²) in [6.45, 7) is 7.71. The van der Waals surface area contributed by atoms with Gasteiger partial charge in [0.25, 0.3) is 5.91 Å². The second kappa shape index (κ2) is 8.26. The van der Waals surface area contributed by atoms with Crippen molar-refractivity contribution in [2.75, 3.05) is 11.9 Å². The van der Waals surface area contributed by atoms with E-state index in [1.165, 1.54) is 36.9 Å². The molecule has 0 unspecified atom stereocenters. The third-order valence-corrected chi connectivity index (χ3v) is 5.77. The number of rotatable bonds is 6. The van der Waals surface area contributed by atoms with Gasteiger partial charge in [0.2, 0.25) is 0 Å². The highest BCUT2D eigenvalue weighted by Gasteiger charge is 2.38. The highest BCUT2D eigenvalue weighted by atomic mass is 35.5. The molecule has 0 bridgehead atoms. The standard InChI is InChI=1S/C24H30N2O.ClH/c1-24(2,3)19-10-6-18(7-11-19)23(27)26-20-12-8-17(9-13-20)21-14-22(21)25-15-16-4-5-16;/h6-13,16,21-22,25H,4-5,14-15H2,1-3H3,(H,26,27);1H/t21-,22+;/m0./s1. The fraction of sp³-hybridized carbons (Fsp3) is 0.458. The molecular weight excluding hydrogens is 368 g/mol. The van der Waals surface area contributed by atoms with E-state index in [1.54, 1.807) is 0 Å². The van der Waals surface area contributed by atoms with Crippen molar-refractivity contribution in [1.29, 1.82) is 0 Å². The Bertz CT molecular complexity index is 804. The Balaban J connectivity index is 0.00000225. The lowest BCUT2D eigenvalue weighted by Crippen LogP contribution is -2.20. The first-order valence-corrected chi connectivity index (χ1v) is 10.2. The zero-order valence-electron chi connectivity index (χ0n) is 17.0. The molecule has 0 saturated heterocycles. The predicted molar refractivity (Wildman–Crippen MR) is 119 cm³/mol. The second-order valence-corrected chi connectivity index (χ2v) is 9.20. The van der Waals surface area contributed by atoms with Gasteiger partial charge in [-0.05, 0) is 72.5 Å². The summed E-state index contributed by atoms with van der Waals surface area (Å²) in [6.07, 6.45) is 4.04. The van der Waals surface area contributed by atoms with Crippen molar-refractivity contribution >= 4 is 24.0 Å². The zero-order valence-corrected chi connectivity index (χ0v) is 17.8. The van der Waals surface area contributed by atoms with Crippen LogP contribution in [0.5, 0.6) is 0 Å². The summed E-state index contributed by atoms with van der Waals surface area (Å²) in [7, 11) is 0. The molecule has 2 saturated carbocycles. The van der Waals surface area contributed by atoms with Crippen LogP contribution in [-0.2, 0) is 5.41 Å². The molecule has 2 aromatic carbocycles. The molecule has 2 aromatic rings. The number of anilines is 1. The van der Waals surface area contributed by atoms with E-state index >= 15 is 0 Å². The van der Waals surface area contributed by atoms with Crippen molar-refractivity contribution in [2.24, 2.45) is 5.92 Å². The first-order valence-electron chi connectivity index (χ1n) is 10.2. The summed E-state index contributed by atoms with van der Waals surface area (Å²) in [6, 6.07) is 16.9. The van der Waals surface area contributed by atoms with Crippen LogP contribution in [0.3, 0.4) is 0 Å². The molecule has 3 nitrogen and oxygen atoms in total. The van der Waals surface area contributed by atoms with Gasteiger partial charge in [-0.25, -0.2) is 0 Å². The quantitative estimate of drug-likeness (QED) is 0.673. The van der Waals surface area contributed by atoms with E-state index < -0.39 is 0 Å². The molecule has 0 aromatic heterocycles. The van der Waals surface area contributed by atoms with Crippen molar-refractivity contribution in [1.82, 2.24) is 5.32 Å². The molecule has 0 aliphatic heterocycles. The Labute approximate surface area is 174 Å². The van der Waals surface area contributed by atoms with Crippen LogP contribution in [0.25, 0.3) is 0 Å². The molecule has 2 aliphatic carbocycles. The molecule has 4 heteroatoms. The SMILES string of the molecule is CC(C)(C)c1ccc(C(=O)Nc2ccc([C@@H]3C[C@H]3NCC3CC3)cc2)cc1.Cl. The third-order valence-electron chi connectivity index (χ3n) is 5.77. The van der Waals surface area contributed by atoms with Crippen LogP contribution in [0.15, 0.2) is 48.5 Å². The largest absolute Gasteiger partial charge is 0.322 e. The topological polar surface area (TPSA) is 41.1 Å². The second-order valence-electron chi connectivity index (χ2n) is 9.20. The predicted octanol–water partition coefficient (Wildman–Crippen LogP) is 5.51. The molecule has 4 rings (SSSR count). The lowest BCUT2D eigenvalue weighted by Gasteiger charge is -2.19. The number of carbonyl (C=O) groups excluding carboxylic acids is 1. The number of nitrogens with one attached hydrogen (secondary N) is 2. The maximum Gasteiger partial charge on any atom is 0.255 e. The Morgan fingerprint density at radius 2 is 1.64 bits per heavy atom. The molecule has 2 fully saturated rings. The minimum absolute atomic E-state index is 0. The lowest BCUT2D eigenvalue weighted by atomic mass is 9.87. The van der Waals surface area contributed by atoms with E-state index in [1.807, 2.05) is 36.4 Å². The monoisotopic (exact) mass is 398 g/mol. The number of hydrogen-bond acceptors (Lipinski definition) is 2. The van der Waals surface area contributed by atoms with Crippen LogP contribution in [0, 0.1) is 5.92 Å². The van der Waals surface area contributed by atoms with Crippen LogP contribution in [-0.4, -0.2) is 18.5 Å². The highest BCUT2D eigenvalue weighted by molar-refractivity contribution is 6.04. The number of benzene rings is 2. The van der Waals surface area contributed by atoms with Gasteiger partial charge < -0.3 is 10.6 Å². The van der Waals surface area contributed by atoms with E-state index in [4.69, 9.17) is 0 Å². The van der Waals surface area contributed by atoms with E-state index in [0.717, 1.165) is 11.6 Å². The molecule has 28 heavy (non-hydrogen) atoms. The summed E-state index contributed by atoms with van der Waals surface area (Å²) in [5.74, 6) is 1.51. The molecule has 1 amide bonds. The minimum atomic E-state index is -0.0568. The van der Waals surface area contributed by atoms with E-state index in [9.17, 15) is 4.79 Å². The summed E-state index contributed by atoms with van der Waals surface area (Å²) >= 11 is 0. The van der Waals surface area contributed by atoms with Crippen molar-refractivity contribution in [3.05, 3.63) is 65.2 Å². The van der Waals surface area contributed by atoms with Crippen LogP contribution < -0.4 is 10.6 Å². The first-order chi connectivity index (χ1) is 12.9. The number of carbonyl (C=O) groups is 1. The highest BCUT2D eigenvalue weighted by Crippen LogP contribution is 2.41. The molecular formula is C24H31ClN2O. The summed E-state index contributed by atoms with van der Waals surface area (Å²) in [5.41, 5.74) is 4.25. The number of amides is 1.